The van der Waals surface area contributed by atoms with Crippen molar-refractivity contribution in [3.8, 4) is 0 Å². The third-order valence-electron chi connectivity index (χ3n) is 3.49. The number of rotatable bonds is 4. The van der Waals surface area contributed by atoms with Gasteiger partial charge in [-0.1, -0.05) is 6.07 Å². The van der Waals surface area contributed by atoms with Crippen LogP contribution in [0.15, 0.2) is 30.7 Å². The predicted molar refractivity (Wildman–Crippen MR) is 72.7 cm³/mol. The van der Waals surface area contributed by atoms with Gasteiger partial charge in [0, 0.05) is 25.3 Å². The van der Waals surface area contributed by atoms with E-state index in [2.05, 4.69) is 36.4 Å². The second-order valence-electron chi connectivity index (χ2n) is 4.76. The highest BCUT2D eigenvalue weighted by atomic mass is 15.2. The van der Waals surface area contributed by atoms with Gasteiger partial charge in [0.2, 0.25) is 0 Å². The van der Waals surface area contributed by atoms with Gasteiger partial charge in [0.25, 0.3) is 0 Å². The first kappa shape index (κ1) is 12.1. The van der Waals surface area contributed by atoms with Crippen molar-refractivity contribution in [2.45, 2.75) is 25.4 Å². The number of nitrogens with zero attached hydrogens (tertiary/aromatic N) is 4. The highest BCUT2D eigenvalue weighted by Crippen LogP contribution is 2.17. The van der Waals surface area contributed by atoms with E-state index in [4.69, 9.17) is 0 Å². The van der Waals surface area contributed by atoms with Gasteiger partial charge in [0.05, 0.1) is 6.54 Å². The molecule has 0 unspecified atom stereocenters. The number of H-pyrrole nitrogens is 1. The zero-order valence-electron chi connectivity index (χ0n) is 10.8. The summed E-state index contributed by atoms with van der Waals surface area (Å²) >= 11 is 0. The Morgan fingerprint density at radius 2 is 2.16 bits per heavy atom. The molecule has 1 aliphatic rings. The van der Waals surface area contributed by atoms with Crippen molar-refractivity contribution in [1.29, 1.82) is 0 Å². The number of hydrogen-bond donors (Lipinski definition) is 2. The van der Waals surface area contributed by atoms with Gasteiger partial charge in [-0.2, -0.15) is 5.10 Å². The van der Waals surface area contributed by atoms with Gasteiger partial charge in [0.1, 0.15) is 18.0 Å². The Morgan fingerprint density at radius 3 is 2.84 bits per heavy atom. The smallest absolute Gasteiger partial charge is 0.138 e. The molecule has 2 aromatic rings. The quantitative estimate of drug-likeness (QED) is 0.854. The molecule has 0 aromatic carbocycles. The summed E-state index contributed by atoms with van der Waals surface area (Å²) in [7, 11) is 0. The van der Waals surface area contributed by atoms with Crippen molar-refractivity contribution in [3.63, 3.8) is 0 Å². The summed E-state index contributed by atoms with van der Waals surface area (Å²) in [5.41, 5.74) is 0. The summed E-state index contributed by atoms with van der Waals surface area (Å²) < 4.78 is 0. The van der Waals surface area contributed by atoms with Crippen LogP contribution in [0.3, 0.4) is 0 Å². The molecule has 0 spiro atoms. The van der Waals surface area contributed by atoms with E-state index in [0.29, 0.717) is 6.04 Å². The molecule has 6 heteroatoms. The molecule has 1 fully saturated rings. The fourth-order valence-corrected chi connectivity index (χ4v) is 2.41. The highest BCUT2D eigenvalue weighted by molar-refractivity contribution is 5.38. The Bertz CT molecular complexity index is 475. The van der Waals surface area contributed by atoms with Crippen molar-refractivity contribution in [1.82, 2.24) is 25.5 Å². The number of aromatic amines is 1. The van der Waals surface area contributed by atoms with Crippen molar-refractivity contribution >= 4 is 5.82 Å². The standard InChI is InChI=1S/C13H18N6/c1-2-6-14-13(3-1)19-7-4-11(5-8-19)15-9-12-16-10-17-18-12/h1-3,6,10-11,15H,4-5,7-9H2,(H,16,17,18). The van der Waals surface area contributed by atoms with E-state index in [9.17, 15) is 0 Å². The first-order valence-corrected chi connectivity index (χ1v) is 6.65. The molecule has 0 aliphatic carbocycles. The summed E-state index contributed by atoms with van der Waals surface area (Å²) in [6.07, 6.45) is 5.65. The van der Waals surface area contributed by atoms with Gasteiger partial charge in [-0.3, -0.25) is 5.10 Å². The fourth-order valence-electron chi connectivity index (χ4n) is 2.41. The number of aromatic nitrogens is 4. The van der Waals surface area contributed by atoms with Crippen molar-refractivity contribution < 1.29 is 0 Å². The van der Waals surface area contributed by atoms with Crippen molar-refractivity contribution in [2.24, 2.45) is 0 Å². The minimum Gasteiger partial charge on any atom is -0.357 e. The number of anilines is 1. The lowest BCUT2D eigenvalue weighted by Gasteiger charge is -2.33. The zero-order valence-corrected chi connectivity index (χ0v) is 10.8. The normalized spacial score (nSPS) is 16.7. The average Bonchev–Trinajstić information content (AvgIpc) is 3.00. The third kappa shape index (κ3) is 3.08. The van der Waals surface area contributed by atoms with Gasteiger partial charge >= 0.3 is 0 Å². The Balaban J connectivity index is 1.47. The molecular weight excluding hydrogens is 240 g/mol. The maximum atomic E-state index is 4.40. The number of piperidine rings is 1. The number of hydrogen-bond acceptors (Lipinski definition) is 5. The fraction of sp³-hybridized carbons (Fsp3) is 0.462. The van der Waals surface area contributed by atoms with Gasteiger partial charge in [-0.05, 0) is 25.0 Å². The molecule has 6 nitrogen and oxygen atoms in total. The molecule has 1 saturated heterocycles. The molecule has 2 aromatic heterocycles. The van der Waals surface area contributed by atoms with Crippen LogP contribution in [0.2, 0.25) is 0 Å². The van der Waals surface area contributed by atoms with E-state index < -0.39 is 0 Å². The Morgan fingerprint density at radius 1 is 1.26 bits per heavy atom. The van der Waals surface area contributed by atoms with E-state index in [-0.39, 0.29) is 0 Å². The van der Waals surface area contributed by atoms with Gasteiger partial charge in [0.15, 0.2) is 0 Å². The van der Waals surface area contributed by atoms with Gasteiger partial charge < -0.3 is 10.2 Å². The predicted octanol–water partition coefficient (Wildman–Crippen LogP) is 0.958. The van der Waals surface area contributed by atoms with Crippen molar-refractivity contribution in [2.75, 3.05) is 18.0 Å². The lowest BCUT2D eigenvalue weighted by molar-refractivity contribution is 0.408. The molecule has 19 heavy (non-hydrogen) atoms. The molecule has 1 aliphatic heterocycles. The van der Waals surface area contributed by atoms with Crippen LogP contribution in [0.25, 0.3) is 0 Å². The summed E-state index contributed by atoms with van der Waals surface area (Å²) in [4.78, 5) is 10.8. The SMILES string of the molecule is c1ccc(N2CCC(NCc3ncn[nH]3)CC2)nc1. The van der Waals surface area contributed by atoms with Gasteiger partial charge in [-0.25, -0.2) is 9.97 Å². The molecule has 0 radical (unpaired) electrons. The molecular formula is C13H18N6. The van der Waals surface area contributed by atoms with E-state index in [1.54, 1.807) is 6.33 Å². The van der Waals surface area contributed by atoms with Crippen LogP contribution in [0.5, 0.6) is 0 Å². The van der Waals surface area contributed by atoms with E-state index in [0.717, 1.165) is 44.1 Å². The molecule has 0 atom stereocenters. The topological polar surface area (TPSA) is 69.7 Å². The van der Waals surface area contributed by atoms with E-state index in [1.807, 2.05) is 18.3 Å². The lowest BCUT2D eigenvalue weighted by Crippen LogP contribution is -2.42. The van der Waals surface area contributed by atoms with Crippen LogP contribution in [-0.4, -0.2) is 39.3 Å². The first-order valence-electron chi connectivity index (χ1n) is 6.65. The second kappa shape index (κ2) is 5.79. The number of pyridine rings is 1. The van der Waals surface area contributed by atoms with Crippen LogP contribution in [0.4, 0.5) is 5.82 Å². The second-order valence-corrected chi connectivity index (χ2v) is 4.76. The molecule has 3 rings (SSSR count). The molecule has 0 bridgehead atoms. The van der Waals surface area contributed by atoms with E-state index >= 15 is 0 Å². The molecule has 2 N–H and O–H groups in total. The minimum absolute atomic E-state index is 0.546. The Hall–Kier alpha value is -1.95. The molecule has 0 amide bonds. The average molecular weight is 258 g/mol. The molecule has 100 valence electrons. The lowest BCUT2D eigenvalue weighted by atomic mass is 10.1. The van der Waals surface area contributed by atoms with Crippen LogP contribution < -0.4 is 10.2 Å². The van der Waals surface area contributed by atoms with Crippen molar-refractivity contribution in [3.05, 3.63) is 36.5 Å². The Kier molecular flexibility index (Phi) is 3.69. The summed E-state index contributed by atoms with van der Waals surface area (Å²) in [6.45, 7) is 2.85. The van der Waals surface area contributed by atoms with Crippen LogP contribution in [0, 0.1) is 0 Å². The van der Waals surface area contributed by atoms with E-state index in [1.165, 1.54) is 0 Å². The summed E-state index contributed by atoms with van der Waals surface area (Å²) in [6, 6.07) is 6.61. The monoisotopic (exact) mass is 258 g/mol. The largest absolute Gasteiger partial charge is 0.357 e. The maximum Gasteiger partial charge on any atom is 0.138 e. The van der Waals surface area contributed by atoms with Crippen LogP contribution >= 0.6 is 0 Å². The highest BCUT2D eigenvalue weighted by Gasteiger charge is 2.19. The maximum absolute atomic E-state index is 4.40. The number of nitrogens with one attached hydrogen (secondary N) is 2. The zero-order chi connectivity index (χ0) is 12.9. The van der Waals surface area contributed by atoms with Crippen LogP contribution in [0.1, 0.15) is 18.7 Å². The first-order chi connectivity index (χ1) is 9.42. The third-order valence-corrected chi connectivity index (χ3v) is 3.49. The summed E-state index contributed by atoms with van der Waals surface area (Å²) in [5.74, 6) is 1.98. The summed E-state index contributed by atoms with van der Waals surface area (Å²) in [5, 5.41) is 10.2. The Labute approximate surface area is 112 Å². The van der Waals surface area contributed by atoms with Gasteiger partial charge in [-0.15, -0.1) is 0 Å². The molecule has 0 saturated carbocycles. The van der Waals surface area contributed by atoms with Crippen LogP contribution in [-0.2, 0) is 6.54 Å². The molecule has 3 heterocycles. The minimum atomic E-state index is 0.546.